The molecule has 4 heteroatoms. The van der Waals surface area contributed by atoms with E-state index in [1.165, 1.54) is 4.90 Å². The fourth-order valence-corrected chi connectivity index (χ4v) is 1.40. The van der Waals surface area contributed by atoms with Gasteiger partial charge in [0.05, 0.1) is 18.1 Å². The van der Waals surface area contributed by atoms with Crippen molar-refractivity contribution in [1.29, 1.82) is 5.26 Å². The van der Waals surface area contributed by atoms with Crippen molar-refractivity contribution in [1.82, 2.24) is 4.90 Å². The highest BCUT2D eigenvalue weighted by Crippen LogP contribution is 2.15. The zero-order valence-corrected chi connectivity index (χ0v) is 9.53. The molecule has 1 aromatic carbocycles. The molecule has 2 N–H and O–H groups in total. The number of nitriles is 1. The van der Waals surface area contributed by atoms with E-state index in [4.69, 9.17) is 11.0 Å². The van der Waals surface area contributed by atoms with Gasteiger partial charge < -0.3 is 10.6 Å². The molecular formula is C12H15N3O. The maximum atomic E-state index is 11.9. The number of nitrogens with zero attached hydrogens (tertiary/aromatic N) is 2. The van der Waals surface area contributed by atoms with E-state index in [2.05, 4.69) is 0 Å². The van der Waals surface area contributed by atoms with Crippen LogP contribution >= 0.6 is 0 Å². The Balaban J connectivity index is 2.84. The summed E-state index contributed by atoms with van der Waals surface area (Å²) in [4.78, 5) is 13.4. The quantitative estimate of drug-likeness (QED) is 0.781. The van der Waals surface area contributed by atoms with Crippen molar-refractivity contribution in [3.63, 3.8) is 0 Å². The third-order valence-corrected chi connectivity index (χ3v) is 2.34. The molecule has 1 aromatic rings. The van der Waals surface area contributed by atoms with Gasteiger partial charge in [-0.25, -0.2) is 0 Å². The van der Waals surface area contributed by atoms with Gasteiger partial charge in [0.25, 0.3) is 5.91 Å². The molecule has 0 heterocycles. The fraction of sp³-hybridized carbons (Fsp3) is 0.333. The second-order valence-corrected chi connectivity index (χ2v) is 3.73. The Morgan fingerprint density at radius 1 is 1.56 bits per heavy atom. The number of benzene rings is 1. The predicted octanol–water partition coefficient (Wildman–Crippen LogP) is 1.56. The number of rotatable bonds is 3. The Morgan fingerprint density at radius 2 is 2.25 bits per heavy atom. The molecule has 0 bridgehead atoms. The standard InChI is InChI=1S/C12H15N3O/c1-9-4-5-10(11(14)8-9)12(16)15(2)7-3-6-13/h4-5,8H,3,7,14H2,1-2H3. The number of nitrogens with two attached hydrogens (primary N) is 1. The number of hydrogen-bond donors (Lipinski definition) is 1. The predicted molar refractivity (Wildman–Crippen MR) is 62.8 cm³/mol. The van der Waals surface area contributed by atoms with Crippen molar-refractivity contribution >= 4 is 11.6 Å². The monoisotopic (exact) mass is 217 g/mol. The first kappa shape index (κ1) is 12.1. The fourth-order valence-electron chi connectivity index (χ4n) is 1.40. The molecule has 0 aliphatic heterocycles. The van der Waals surface area contributed by atoms with Crippen LogP contribution < -0.4 is 5.73 Å². The van der Waals surface area contributed by atoms with Crippen molar-refractivity contribution in [2.24, 2.45) is 0 Å². The summed E-state index contributed by atoms with van der Waals surface area (Å²) in [6.45, 7) is 2.34. The molecule has 1 rings (SSSR count). The molecule has 0 unspecified atom stereocenters. The lowest BCUT2D eigenvalue weighted by Gasteiger charge is -2.16. The molecule has 84 valence electrons. The van der Waals surface area contributed by atoms with Gasteiger partial charge in [-0.05, 0) is 24.6 Å². The molecule has 0 aliphatic rings. The molecule has 0 radical (unpaired) electrons. The summed E-state index contributed by atoms with van der Waals surface area (Å²) in [5, 5.41) is 8.45. The van der Waals surface area contributed by atoms with E-state index in [9.17, 15) is 4.79 Å². The summed E-state index contributed by atoms with van der Waals surface area (Å²) in [6.07, 6.45) is 0.327. The number of amides is 1. The number of aryl methyl sites for hydroxylation is 1. The zero-order valence-electron chi connectivity index (χ0n) is 9.53. The van der Waals surface area contributed by atoms with E-state index < -0.39 is 0 Å². The van der Waals surface area contributed by atoms with Crippen LogP contribution in [0, 0.1) is 18.3 Å². The van der Waals surface area contributed by atoms with E-state index in [0.717, 1.165) is 5.56 Å². The maximum absolute atomic E-state index is 11.9. The third-order valence-electron chi connectivity index (χ3n) is 2.34. The largest absolute Gasteiger partial charge is 0.398 e. The van der Waals surface area contributed by atoms with Crippen molar-refractivity contribution in [2.75, 3.05) is 19.3 Å². The van der Waals surface area contributed by atoms with Crippen LogP contribution in [0.3, 0.4) is 0 Å². The Morgan fingerprint density at radius 3 is 2.81 bits per heavy atom. The lowest BCUT2D eigenvalue weighted by atomic mass is 10.1. The van der Waals surface area contributed by atoms with Gasteiger partial charge in [0.15, 0.2) is 0 Å². The van der Waals surface area contributed by atoms with Gasteiger partial charge in [-0.15, -0.1) is 0 Å². The molecule has 1 amide bonds. The normalized spacial score (nSPS) is 9.56. The van der Waals surface area contributed by atoms with Crippen molar-refractivity contribution in [3.8, 4) is 6.07 Å². The smallest absolute Gasteiger partial charge is 0.255 e. The minimum Gasteiger partial charge on any atom is -0.398 e. The summed E-state index contributed by atoms with van der Waals surface area (Å²) in [7, 11) is 1.67. The first-order valence-corrected chi connectivity index (χ1v) is 5.05. The molecule has 0 aliphatic carbocycles. The van der Waals surface area contributed by atoms with Crippen LogP contribution in [-0.2, 0) is 0 Å². The highest BCUT2D eigenvalue weighted by Gasteiger charge is 2.13. The average molecular weight is 217 g/mol. The van der Waals surface area contributed by atoms with Crippen LogP contribution in [0.15, 0.2) is 18.2 Å². The molecule has 0 fully saturated rings. The first-order chi connectivity index (χ1) is 7.56. The number of carbonyl (C=O) groups is 1. The third kappa shape index (κ3) is 2.74. The molecular weight excluding hydrogens is 202 g/mol. The molecule has 0 atom stereocenters. The number of hydrogen-bond acceptors (Lipinski definition) is 3. The Bertz CT molecular complexity index is 434. The molecule has 16 heavy (non-hydrogen) atoms. The van der Waals surface area contributed by atoms with Gasteiger partial charge in [0, 0.05) is 19.3 Å². The summed E-state index contributed by atoms with van der Waals surface area (Å²) in [5.41, 5.74) is 7.77. The second-order valence-electron chi connectivity index (χ2n) is 3.73. The topological polar surface area (TPSA) is 70.1 Å². The van der Waals surface area contributed by atoms with Crippen molar-refractivity contribution in [2.45, 2.75) is 13.3 Å². The SMILES string of the molecule is Cc1ccc(C(=O)N(C)CCC#N)c(N)c1. The van der Waals surface area contributed by atoms with Gasteiger partial charge in [-0.1, -0.05) is 6.07 Å². The lowest BCUT2D eigenvalue weighted by molar-refractivity contribution is 0.0799. The van der Waals surface area contributed by atoms with E-state index in [-0.39, 0.29) is 5.91 Å². The first-order valence-electron chi connectivity index (χ1n) is 5.05. The molecule has 0 saturated carbocycles. The van der Waals surface area contributed by atoms with Crippen molar-refractivity contribution < 1.29 is 4.79 Å². The zero-order chi connectivity index (χ0) is 12.1. The van der Waals surface area contributed by atoms with Gasteiger partial charge >= 0.3 is 0 Å². The van der Waals surface area contributed by atoms with Crippen LogP contribution in [0.2, 0.25) is 0 Å². The summed E-state index contributed by atoms with van der Waals surface area (Å²) < 4.78 is 0. The highest BCUT2D eigenvalue weighted by molar-refractivity contribution is 5.99. The number of nitrogen functional groups attached to an aromatic ring is 1. The Kier molecular flexibility index (Phi) is 3.90. The minimum absolute atomic E-state index is 0.146. The molecule has 4 nitrogen and oxygen atoms in total. The molecule has 0 aromatic heterocycles. The van der Waals surface area contributed by atoms with E-state index in [1.54, 1.807) is 19.2 Å². The van der Waals surface area contributed by atoms with E-state index in [1.807, 2.05) is 19.1 Å². The minimum atomic E-state index is -0.146. The molecule has 0 spiro atoms. The van der Waals surface area contributed by atoms with Crippen LogP contribution in [0.25, 0.3) is 0 Å². The highest BCUT2D eigenvalue weighted by atomic mass is 16.2. The van der Waals surface area contributed by atoms with Gasteiger partial charge in [-0.2, -0.15) is 5.26 Å². The van der Waals surface area contributed by atoms with Crippen LogP contribution in [0.1, 0.15) is 22.3 Å². The van der Waals surface area contributed by atoms with Crippen LogP contribution in [0.5, 0.6) is 0 Å². The Labute approximate surface area is 95.3 Å². The van der Waals surface area contributed by atoms with Gasteiger partial charge in [-0.3, -0.25) is 4.79 Å². The van der Waals surface area contributed by atoms with E-state index in [0.29, 0.717) is 24.2 Å². The van der Waals surface area contributed by atoms with Gasteiger partial charge in [0.1, 0.15) is 0 Å². The lowest BCUT2D eigenvalue weighted by Crippen LogP contribution is -2.28. The second kappa shape index (κ2) is 5.17. The van der Waals surface area contributed by atoms with E-state index >= 15 is 0 Å². The average Bonchev–Trinajstić information content (AvgIpc) is 2.25. The maximum Gasteiger partial charge on any atom is 0.255 e. The number of anilines is 1. The summed E-state index contributed by atoms with van der Waals surface area (Å²) in [6, 6.07) is 7.34. The van der Waals surface area contributed by atoms with Gasteiger partial charge in [0.2, 0.25) is 0 Å². The Hall–Kier alpha value is -2.02. The van der Waals surface area contributed by atoms with Crippen LogP contribution in [0.4, 0.5) is 5.69 Å². The number of carbonyl (C=O) groups excluding carboxylic acids is 1. The molecule has 0 saturated heterocycles. The van der Waals surface area contributed by atoms with Crippen LogP contribution in [-0.4, -0.2) is 24.4 Å². The van der Waals surface area contributed by atoms with Crippen molar-refractivity contribution in [3.05, 3.63) is 29.3 Å². The summed E-state index contributed by atoms with van der Waals surface area (Å²) >= 11 is 0. The summed E-state index contributed by atoms with van der Waals surface area (Å²) in [5.74, 6) is -0.146.